The van der Waals surface area contributed by atoms with E-state index < -0.39 is 4.92 Å². The number of anilines is 1. The van der Waals surface area contributed by atoms with Crippen molar-refractivity contribution in [2.24, 2.45) is 5.92 Å². The summed E-state index contributed by atoms with van der Waals surface area (Å²) in [5.74, 6) is -0.314. The summed E-state index contributed by atoms with van der Waals surface area (Å²) in [4.78, 5) is 37.8. The van der Waals surface area contributed by atoms with E-state index in [1.807, 2.05) is 42.2 Å². The van der Waals surface area contributed by atoms with Crippen molar-refractivity contribution in [2.45, 2.75) is 33.2 Å². The second kappa shape index (κ2) is 10.2. The van der Waals surface area contributed by atoms with Crippen LogP contribution in [0.2, 0.25) is 0 Å². The van der Waals surface area contributed by atoms with Gasteiger partial charge in [0.2, 0.25) is 11.8 Å². The van der Waals surface area contributed by atoms with E-state index in [1.54, 1.807) is 13.0 Å². The summed E-state index contributed by atoms with van der Waals surface area (Å²) in [6.07, 6.45) is 1.36. The molecule has 0 saturated carbocycles. The van der Waals surface area contributed by atoms with Crippen LogP contribution in [0.4, 0.5) is 11.4 Å². The molecule has 1 aliphatic rings. The van der Waals surface area contributed by atoms with Crippen LogP contribution < -0.4 is 10.6 Å². The zero-order valence-electron chi connectivity index (χ0n) is 17.9. The molecule has 0 spiro atoms. The van der Waals surface area contributed by atoms with Crippen LogP contribution in [0, 0.1) is 29.9 Å². The number of benzene rings is 2. The Bertz CT molecular complexity index is 954. The van der Waals surface area contributed by atoms with Crippen LogP contribution in [0.1, 0.15) is 29.5 Å². The van der Waals surface area contributed by atoms with Crippen molar-refractivity contribution in [3.63, 3.8) is 0 Å². The predicted molar refractivity (Wildman–Crippen MR) is 119 cm³/mol. The highest BCUT2D eigenvalue weighted by Gasteiger charge is 2.26. The fraction of sp³-hybridized carbons (Fsp3) is 0.391. The molecule has 0 aromatic heterocycles. The summed E-state index contributed by atoms with van der Waals surface area (Å²) >= 11 is 0. The zero-order valence-corrected chi connectivity index (χ0v) is 17.9. The van der Waals surface area contributed by atoms with Crippen LogP contribution in [-0.4, -0.2) is 41.3 Å². The number of hydrogen-bond acceptors (Lipinski definition) is 5. The lowest BCUT2D eigenvalue weighted by atomic mass is 9.96. The fourth-order valence-electron chi connectivity index (χ4n) is 3.78. The molecule has 1 fully saturated rings. The highest BCUT2D eigenvalue weighted by molar-refractivity contribution is 5.95. The third-order valence-electron chi connectivity index (χ3n) is 5.81. The van der Waals surface area contributed by atoms with Gasteiger partial charge < -0.3 is 10.6 Å². The SMILES string of the molecule is Cc1ccc([N+](=O)[O-])c(NC(=O)CN2CCC(C(=O)NCc3ccccc3)CC2)c1C. The minimum absolute atomic E-state index is 0.0407. The van der Waals surface area contributed by atoms with Crippen LogP contribution >= 0.6 is 0 Å². The van der Waals surface area contributed by atoms with Gasteiger partial charge in [0.1, 0.15) is 5.69 Å². The van der Waals surface area contributed by atoms with E-state index in [9.17, 15) is 19.7 Å². The van der Waals surface area contributed by atoms with Crippen LogP contribution in [0.25, 0.3) is 0 Å². The average Bonchev–Trinajstić information content (AvgIpc) is 2.76. The number of nitro benzene ring substituents is 1. The molecule has 0 aliphatic carbocycles. The number of nitro groups is 1. The lowest BCUT2D eigenvalue weighted by molar-refractivity contribution is -0.384. The normalized spacial score (nSPS) is 14.8. The molecule has 2 aromatic rings. The van der Waals surface area contributed by atoms with Gasteiger partial charge >= 0.3 is 0 Å². The monoisotopic (exact) mass is 424 g/mol. The van der Waals surface area contributed by atoms with Crippen molar-refractivity contribution in [1.29, 1.82) is 0 Å². The third-order valence-corrected chi connectivity index (χ3v) is 5.81. The maximum Gasteiger partial charge on any atom is 0.293 e. The van der Waals surface area contributed by atoms with Crippen molar-refractivity contribution < 1.29 is 14.5 Å². The number of aryl methyl sites for hydroxylation is 1. The Hall–Kier alpha value is -3.26. The lowest BCUT2D eigenvalue weighted by Crippen LogP contribution is -2.43. The number of piperidine rings is 1. The van der Waals surface area contributed by atoms with Crippen molar-refractivity contribution in [2.75, 3.05) is 25.0 Å². The first kappa shape index (κ1) is 22.4. The summed E-state index contributed by atoms with van der Waals surface area (Å²) < 4.78 is 0. The molecule has 2 amide bonds. The number of amides is 2. The summed E-state index contributed by atoms with van der Waals surface area (Å²) in [6.45, 7) is 5.52. The van der Waals surface area contributed by atoms with Crippen LogP contribution in [0.3, 0.4) is 0 Å². The molecule has 2 aromatic carbocycles. The number of nitrogens with zero attached hydrogens (tertiary/aromatic N) is 2. The Morgan fingerprint density at radius 3 is 2.42 bits per heavy atom. The number of rotatable bonds is 7. The van der Waals surface area contributed by atoms with Gasteiger partial charge in [-0.15, -0.1) is 0 Å². The number of likely N-dealkylation sites (tertiary alicyclic amines) is 1. The van der Waals surface area contributed by atoms with E-state index in [2.05, 4.69) is 10.6 Å². The fourth-order valence-corrected chi connectivity index (χ4v) is 3.78. The van der Waals surface area contributed by atoms with E-state index in [0.29, 0.717) is 38.0 Å². The summed E-state index contributed by atoms with van der Waals surface area (Å²) in [5.41, 5.74) is 2.78. The Morgan fingerprint density at radius 2 is 1.77 bits per heavy atom. The molecular weight excluding hydrogens is 396 g/mol. The van der Waals surface area contributed by atoms with E-state index in [1.165, 1.54) is 6.07 Å². The standard InChI is InChI=1S/C23H28N4O4/c1-16-8-9-20(27(30)31)22(17(16)2)25-21(28)15-26-12-10-19(11-13-26)23(29)24-14-18-6-4-3-5-7-18/h3-9,19H,10-15H2,1-2H3,(H,24,29)(H,25,28). The minimum Gasteiger partial charge on any atom is -0.352 e. The Kier molecular flexibility index (Phi) is 7.36. The molecule has 8 nitrogen and oxygen atoms in total. The first-order valence-electron chi connectivity index (χ1n) is 10.4. The van der Waals surface area contributed by atoms with Gasteiger partial charge in [0.05, 0.1) is 11.5 Å². The molecule has 1 heterocycles. The molecule has 0 bridgehead atoms. The summed E-state index contributed by atoms with van der Waals surface area (Å²) in [7, 11) is 0. The van der Waals surface area contributed by atoms with Crippen molar-refractivity contribution >= 4 is 23.2 Å². The van der Waals surface area contributed by atoms with Gasteiger partial charge in [0.15, 0.2) is 0 Å². The molecule has 1 saturated heterocycles. The Labute approximate surface area is 181 Å². The number of hydrogen-bond donors (Lipinski definition) is 2. The molecule has 2 N–H and O–H groups in total. The molecule has 0 radical (unpaired) electrons. The van der Waals surface area contributed by atoms with E-state index in [-0.39, 0.29) is 35.7 Å². The topological polar surface area (TPSA) is 105 Å². The first-order chi connectivity index (χ1) is 14.8. The highest BCUT2D eigenvalue weighted by Crippen LogP contribution is 2.30. The van der Waals surface area contributed by atoms with Gasteiger partial charge in [-0.05, 0) is 56.5 Å². The number of carbonyl (C=O) groups excluding carboxylic acids is 2. The van der Waals surface area contributed by atoms with E-state index >= 15 is 0 Å². The van der Waals surface area contributed by atoms with Crippen molar-refractivity contribution in [3.05, 3.63) is 69.3 Å². The quantitative estimate of drug-likeness (QED) is 0.525. The predicted octanol–water partition coefficient (Wildman–Crippen LogP) is 3.18. The van der Waals surface area contributed by atoms with Gasteiger partial charge in [0, 0.05) is 18.5 Å². The number of nitrogens with one attached hydrogen (secondary N) is 2. The van der Waals surface area contributed by atoms with Crippen molar-refractivity contribution in [3.8, 4) is 0 Å². The Morgan fingerprint density at radius 1 is 1.10 bits per heavy atom. The smallest absolute Gasteiger partial charge is 0.293 e. The van der Waals surface area contributed by atoms with Crippen LogP contribution in [0.15, 0.2) is 42.5 Å². The number of carbonyl (C=O) groups is 2. The molecule has 8 heteroatoms. The van der Waals surface area contributed by atoms with Crippen LogP contribution in [-0.2, 0) is 16.1 Å². The second-order valence-corrected chi connectivity index (χ2v) is 7.96. The Balaban J connectivity index is 1.49. The largest absolute Gasteiger partial charge is 0.352 e. The van der Waals surface area contributed by atoms with Crippen molar-refractivity contribution in [1.82, 2.24) is 10.2 Å². The molecule has 3 rings (SSSR count). The highest BCUT2D eigenvalue weighted by atomic mass is 16.6. The minimum atomic E-state index is -0.485. The van der Waals surface area contributed by atoms with Crippen LogP contribution in [0.5, 0.6) is 0 Å². The lowest BCUT2D eigenvalue weighted by Gasteiger charge is -2.30. The summed E-state index contributed by atoms with van der Waals surface area (Å²) in [5, 5.41) is 17.0. The van der Waals surface area contributed by atoms with Gasteiger partial charge in [0.25, 0.3) is 5.69 Å². The maximum absolute atomic E-state index is 12.5. The molecule has 164 valence electrons. The van der Waals surface area contributed by atoms with Gasteiger partial charge in [-0.2, -0.15) is 0 Å². The molecular formula is C23H28N4O4. The molecule has 0 unspecified atom stereocenters. The van der Waals surface area contributed by atoms with E-state index in [4.69, 9.17) is 0 Å². The molecule has 31 heavy (non-hydrogen) atoms. The average molecular weight is 425 g/mol. The van der Waals surface area contributed by atoms with E-state index in [0.717, 1.165) is 11.1 Å². The third kappa shape index (κ3) is 5.88. The maximum atomic E-state index is 12.5. The van der Waals surface area contributed by atoms with Gasteiger partial charge in [-0.1, -0.05) is 36.4 Å². The van der Waals surface area contributed by atoms with Gasteiger partial charge in [-0.3, -0.25) is 24.6 Å². The summed E-state index contributed by atoms with van der Waals surface area (Å²) in [6, 6.07) is 12.9. The second-order valence-electron chi connectivity index (χ2n) is 7.96. The molecule has 0 atom stereocenters. The molecule has 1 aliphatic heterocycles. The van der Waals surface area contributed by atoms with Gasteiger partial charge in [-0.25, -0.2) is 0 Å². The first-order valence-corrected chi connectivity index (χ1v) is 10.4. The zero-order chi connectivity index (χ0) is 22.4.